The average Bonchev–Trinajstić information content (AvgIpc) is 2.19. The van der Waals surface area contributed by atoms with Crippen LogP contribution in [0.3, 0.4) is 0 Å². The third-order valence-corrected chi connectivity index (χ3v) is 2.28. The van der Waals surface area contributed by atoms with E-state index in [1.165, 1.54) is 16.8 Å². The number of amidine groups is 1. The van der Waals surface area contributed by atoms with Crippen molar-refractivity contribution in [1.82, 2.24) is 5.32 Å². The van der Waals surface area contributed by atoms with Crippen molar-refractivity contribution in [3.8, 4) is 0 Å². The third-order valence-electron chi connectivity index (χ3n) is 2.28. The van der Waals surface area contributed by atoms with Crippen LogP contribution in [-0.2, 0) is 0 Å². The van der Waals surface area contributed by atoms with Crippen molar-refractivity contribution < 1.29 is 0 Å². The summed E-state index contributed by atoms with van der Waals surface area (Å²) in [4.78, 5) is 4.40. The van der Waals surface area contributed by atoms with Crippen LogP contribution >= 0.6 is 0 Å². The molecule has 2 rings (SSSR count). The van der Waals surface area contributed by atoms with Gasteiger partial charge in [0.2, 0.25) is 0 Å². The Morgan fingerprint density at radius 1 is 1.50 bits per heavy atom. The molecule has 0 amide bonds. The fourth-order valence-corrected chi connectivity index (χ4v) is 1.62. The lowest BCUT2D eigenvalue weighted by atomic mass is 10.1. The molecule has 74 valence electrons. The van der Waals surface area contributed by atoms with Crippen LogP contribution in [0.4, 0.5) is 5.69 Å². The van der Waals surface area contributed by atoms with Crippen LogP contribution in [0.1, 0.15) is 18.1 Å². The summed E-state index contributed by atoms with van der Waals surface area (Å²) in [6.07, 6.45) is 0. The third kappa shape index (κ3) is 1.58. The number of aliphatic imine (C=N–C) groups is 1. The first kappa shape index (κ1) is 9.06. The van der Waals surface area contributed by atoms with E-state index in [-0.39, 0.29) is 0 Å². The molecule has 0 spiro atoms. The molecule has 0 fully saturated rings. The molecule has 0 saturated carbocycles. The normalized spacial score (nSPS) is 14.0. The number of hydrogen-bond donors (Lipinski definition) is 2. The lowest BCUT2D eigenvalue weighted by Crippen LogP contribution is -2.29. The monoisotopic (exact) mass is 189 g/mol. The molecule has 0 saturated heterocycles. The molecular weight excluding hydrogens is 174 g/mol. The van der Waals surface area contributed by atoms with E-state index in [4.69, 9.17) is 0 Å². The molecule has 0 bridgehead atoms. The highest BCUT2D eigenvalue weighted by molar-refractivity contribution is 6.04. The molecule has 14 heavy (non-hydrogen) atoms. The van der Waals surface area contributed by atoms with Gasteiger partial charge in [-0.25, -0.2) is 4.99 Å². The molecule has 0 aromatic heterocycles. The Bertz CT molecular complexity index is 369. The van der Waals surface area contributed by atoms with Crippen LogP contribution in [0.15, 0.2) is 23.2 Å². The van der Waals surface area contributed by atoms with Gasteiger partial charge < -0.3 is 10.6 Å². The maximum Gasteiger partial charge on any atom is 0.132 e. The highest BCUT2D eigenvalue weighted by Crippen LogP contribution is 2.20. The van der Waals surface area contributed by atoms with E-state index in [0.29, 0.717) is 6.67 Å². The summed E-state index contributed by atoms with van der Waals surface area (Å²) in [5.41, 5.74) is 3.61. The first-order chi connectivity index (χ1) is 6.81. The minimum absolute atomic E-state index is 0.665. The zero-order valence-electron chi connectivity index (χ0n) is 8.59. The highest BCUT2D eigenvalue weighted by atomic mass is 15.1. The Kier molecular flexibility index (Phi) is 2.39. The van der Waals surface area contributed by atoms with Crippen molar-refractivity contribution in [3.05, 3.63) is 29.3 Å². The van der Waals surface area contributed by atoms with Crippen LogP contribution in [0, 0.1) is 6.92 Å². The van der Waals surface area contributed by atoms with Gasteiger partial charge in [-0.3, -0.25) is 0 Å². The second-order valence-electron chi connectivity index (χ2n) is 3.42. The summed E-state index contributed by atoms with van der Waals surface area (Å²) in [5, 5.41) is 6.53. The molecule has 0 radical (unpaired) electrons. The van der Waals surface area contributed by atoms with Crippen molar-refractivity contribution in [2.75, 3.05) is 18.5 Å². The topological polar surface area (TPSA) is 36.4 Å². The van der Waals surface area contributed by atoms with Crippen molar-refractivity contribution >= 4 is 11.5 Å². The maximum absolute atomic E-state index is 4.40. The highest BCUT2D eigenvalue weighted by Gasteiger charge is 2.12. The number of anilines is 1. The van der Waals surface area contributed by atoms with Crippen molar-refractivity contribution in [1.29, 1.82) is 0 Å². The van der Waals surface area contributed by atoms with E-state index in [1.54, 1.807) is 0 Å². The smallest absolute Gasteiger partial charge is 0.132 e. The van der Waals surface area contributed by atoms with Crippen LogP contribution in [0.2, 0.25) is 0 Å². The summed E-state index contributed by atoms with van der Waals surface area (Å²) in [6.45, 7) is 5.75. The standard InChI is InChI=1S/C11H15N3/c1-3-12-11-9-6-8(2)4-5-10(9)13-7-14-11/h4-6,13H,3,7H2,1-2H3,(H,12,14). The number of aryl methyl sites for hydroxylation is 1. The fourth-order valence-electron chi connectivity index (χ4n) is 1.62. The molecule has 0 aliphatic carbocycles. The number of nitrogens with one attached hydrogen (secondary N) is 2. The molecule has 1 aromatic rings. The number of hydrogen-bond acceptors (Lipinski definition) is 3. The zero-order valence-corrected chi connectivity index (χ0v) is 8.59. The Morgan fingerprint density at radius 2 is 2.36 bits per heavy atom. The number of nitrogens with zero attached hydrogens (tertiary/aromatic N) is 1. The predicted octanol–water partition coefficient (Wildman–Crippen LogP) is 1.73. The Hall–Kier alpha value is -1.51. The van der Waals surface area contributed by atoms with Crippen LogP contribution in [-0.4, -0.2) is 19.0 Å². The zero-order chi connectivity index (χ0) is 9.97. The molecule has 3 nitrogen and oxygen atoms in total. The predicted molar refractivity (Wildman–Crippen MR) is 59.9 cm³/mol. The maximum atomic E-state index is 4.40. The summed E-state index contributed by atoms with van der Waals surface area (Å²) >= 11 is 0. The van der Waals surface area contributed by atoms with Gasteiger partial charge in [-0.2, -0.15) is 0 Å². The Labute approximate surface area is 84.2 Å². The number of benzene rings is 1. The molecule has 2 N–H and O–H groups in total. The van der Waals surface area contributed by atoms with Gasteiger partial charge in [0.25, 0.3) is 0 Å². The number of rotatable bonds is 1. The minimum Gasteiger partial charge on any atom is -0.370 e. The van der Waals surface area contributed by atoms with E-state index in [9.17, 15) is 0 Å². The molecular formula is C11H15N3. The van der Waals surface area contributed by atoms with Gasteiger partial charge in [0, 0.05) is 17.8 Å². The van der Waals surface area contributed by atoms with Crippen molar-refractivity contribution in [2.45, 2.75) is 13.8 Å². The second-order valence-corrected chi connectivity index (χ2v) is 3.42. The SMILES string of the molecule is CCNC1=NCNc2ccc(C)cc21. The van der Waals surface area contributed by atoms with Crippen LogP contribution < -0.4 is 10.6 Å². The van der Waals surface area contributed by atoms with Gasteiger partial charge in [-0.1, -0.05) is 11.6 Å². The minimum atomic E-state index is 0.665. The summed E-state index contributed by atoms with van der Waals surface area (Å²) < 4.78 is 0. The van der Waals surface area contributed by atoms with Gasteiger partial charge in [0.1, 0.15) is 12.5 Å². The molecule has 1 heterocycles. The molecule has 0 atom stereocenters. The van der Waals surface area contributed by atoms with E-state index in [1.807, 2.05) is 0 Å². The average molecular weight is 189 g/mol. The quantitative estimate of drug-likeness (QED) is 0.706. The largest absolute Gasteiger partial charge is 0.370 e. The molecule has 1 aliphatic rings. The van der Waals surface area contributed by atoms with Crippen LogP contribution in [0.25, 0.3) is 0 Å². The first-order valence-electron chi connectivity index (χ1n) is 4.94. The number of fused-ring (bicyclic) bond motifs is 1. The van der Waals surface area contributed by atoms with E-state index < -0.39 is 0 Å². The summed E-state index contributed by atoms with van der Waals surface area (Å²) in [7, 11) is 0. The fraction of sp³-hybridized carbons (Fsp3) is 0.364. The molecule has 0 unspecified atom stereocenters. The van der Waals surface area contributed by atoms with Crippen molar-refractivity contribution in [3.63, 3.8) is 0 Å². The summed E-state index contributed by atoms with van der Waals surface area (Å²) in [6, 6.07) is 6.38. The van der Waals surface area contributed by atoms with E-state index in [0.717, 1.165) is 12.4 Å². The van der Waals surface area contributed by atoms with Crippen molar-refractivity contribution in [2.24, 2.45) is 4.99 Å². The van der Waals surface area contributed by atoms with Gasteiger partial charge >= 0.3 is 0 Å². The van der Waals surface area contributed by atoms with Gasteiger partial charge in [-0.05, 0) is 26.0 Å². The van der Waals surface area contributed by atoms with Crippen LogP contribution in [0.5, 0.6) is 0 Å². The van der Waals surface area contributed by atoms with E-state index in [2.05, 4.69) is 47.7 Å². The van der Waals surface area contributed by atoms with Gasteiger partial charge in [0.05, 0.1) is 0 Å². The lowest BCUT2D eigenvalue weighted by Gasteiger charge is -2.19. The molecule has 3 heteroatoms. The Morgan fingerprint density at radius 3 is 3.14 bits per heavy atom. The van der Waals surface area contributed by atoms with Gasteiger partial charge in [0.15, 0.2) is 0 Å². The molecule has 1 aliphatic heterocycles. The second kappa shape index (κ2) is 3.70. The van der Waals surface area contributed by atoms with Gasteiger partial charge in [-0.15, -0.1) is 0 Å². The first-order valence-corrected chi connectivity index (χ1v) is 4.94. The van der Waals surface area contributed by atoms with E-state index >= 15 is 0 Å². The summed E-state index contributed by atoms with van der Waals surface area (Å²) in [5.74, 6) is 1.00. The molecule has 1 aromatic carbocycles. The Balaban J connectivity index is 2.40. The lowest BCUT2D eigenvalue weighted by molar-refractivity contribution is 0.940.